The van der Waals surface area contributed by atoms with Gasteiger partial charge in [-0.2, -0.15) is 0 Å². The first-order valence-electron chi connectivity index (χ1n) is 3.41. The third kappa shape index (κ3) is 2.81. The van der Waals surface area contributed by atoms with E-state index in [0.29, 0.717) is 10.8 Å². The van der Waals surface area contributed by atoms with Crippen LogP contribution in [0, 0.1) is 0 Å². The van der Waals surface area contributed by atoms with Crippen molar-refractivity contribution in [3.05, 3.63) is 35.6 Å². The largest absolute Gasteiger partial charge is 0.495 e. The molecule has 0 saturated heterocycles. The van der Waals surface area contributed by atoms with Crippen molar-refractivity contribution in [3.8, 4) is 0 Å². The van der Waals surface area contributed by atoms with E-state index < -0.39 is 0 Å². The average molecular weight is 173 g/mol. The van der Waals surface area contributed by atoms with Gasteiger partial charge in [0.15, 0.2) is 0 Å². The molecule has 0 amide bonds. The number of allylic oxidation sites excluding steroid dienone is 3. The Morgan fingerprint density at radius 2 is 2.18 bits per heavy atom. The lowest BCUT2D eigenvalue weighted by atomic mass is 10.2. The van der Waals surface area contributed by atoms with Gasteiger partial charge >= 0.3 is 0 Å². The van der Waals surface area contributed by atoms with E-state index in [1.165, 1.54) is 0 Å². The zero-order valence-corrected chi connectivity index (χ0v) is 7.74. The molecule has 0 radical (unpaired) electrons. The summed E-state index contributed by atoms with van der Waals surface area (Å²) < 4.78 is 4.95. The molecule has 0 rings (SSSR count). The summed E-state index contributed by atoms with van der Waals surface area (Å²) in [6, 6.07) is 0. The number of halogens is 1. The maximum absolute atomic E-state index is 5.88. The van der Waals surface area contributed by atoms with E-state index in [4.69, 9.17) is 16.3 Å². The summed E-state index contributed by atoms with van der Waals surface area (Å²) >= 11 is 5.88. The Kier molecular flexibility index (Phi) is 4.71. The van der Waals surface area contributed by atoms with Crippen LogP contribution in [-0.2, 0) is 4.74 Å². The first-order valence-corrected chi connectivity index (χ1v) is 3.79. The molecule has 0 aromatic carbocycles. The molecule has 0 aromatic rings. The molecule has 0 spiro atoms. The third-order valence-corrected chi connectivity index (χ3v) is 1.81. The summed E-state index contributed by atoms with van der Waals surface area (Å²) in [5.74, 6) is 0.582. The number of hydrogen-bond acceptors (Lipinski definition) is 1. The van der Waals surface area contributed by atoms with Crippen LogP contribution in [0.15, 0.2) is 35.6 Å². The second-order valence-electron chi connectivity index (χ2n) is 2.04. The van der Waals surface area contributed by atoms with Crippen LogP contribution in [0.5, 0.6) is 0 Å². The van der Waals surface area contributed by atoms with E-state index in [9.17, 15) is 0 Å². The fraction of sp³-hybridized carbons (Fsp3) is 0.333. The molecule has 0 heterocycles. The highest BCUT2D eigenvalue weighted by molar-refractivity contribution is 6.32. The van der Waals surface area contributed by atoms with Crippen LogP contribution in [-0.4, -0.2) is 7.11 Å². The zero-order valence-electron chi connectivity index (χ0n) is 6.98. The topological polar surface area (TPSA) is 9.23 Å². The van der Waals surface area contributed by atoms with Crippen molar-refractivity contribution in [1.82, 2.24) is 0 Å². The minimum Gasteiger partial charge on any atom is -0.495 e. The molecule has 0 aliphatic rings. The van der Waals surface area contributed by atoms with E-state index in [1.54, 1.807) is 13.2 Å². The molecular weight excluding hydrogens is 160 g/mol. The van der Waals surface area contributed by atoms with Crippen LogP contribution in [0.3, 0.4) is 0 Å². The lowest BCUT2D eigenvalue weighted by molar-refractivity contribution is 0.305. The second-order valence-corrected chi connectivity index (χ2v) is 2.42. The van der Waals surface area contributed by atoms with Gasteiger partial charge in [-0.25, -0.2) is 0 Å². The van der Waals surface area contributed by atoms with Crippen LogP contribution < -0.4 is 0 Å². The van der Waals surface area contributed by atoms with Crippen LogP contribution >= 0.6 is 11.6 Å². The Balaban J connectivity index is 4.60. The van der Waals surface area contributed by atoms with Crippen molar-refractivity contribution >= 4 is 11.6 Å². The Morgan fingerprint density at radius 1 is 1.64 bits per heavy atom. The molecule has 0 aromatic heterocycles. The van der Waals surface area contributed by atoms with E-state index in [2.05, 4.69) is 13.2 Å². The van der Waals surface area contributed by atoms with Crippen LogP contribution in [0.2, 0.25) is 0 Å². The van der Waals surface area contributed by atoms with Crippen molar-refractivity contribution in [2.75, 3.05) is 7.11 Å². The molecule has 2 heteroatoms. The minimum absolute atomic E-state index is 0.560. The van der Waals surface area contributed by atoms with Gasteiger partial charge in [-0.1, -0.05) is 31.7 Å². The zero-order chi connectivity index (χ0) is 8.85. The van der Waals surface area contributed by atoms with E-state index >= 15 is 0 Å². The molecule has 62 valence electrons. The third-order valence-electron chi connectivity index (χ3n) is 1.36. The van der Waals surface area contributed by atoms with Crippen molar-refractivity contribution in [1.29, 1.82) is 0 Å². The molecule has 0 bridgehead atoms. The van der Waals surface area contributed by atoms with Gasteiger partial charge in [0.05, 0.1) is 12.1 Å². The highest BCUT2D eigenvalue weighted by atomic mass is 35.5. The Bertz CT molecular complexity index is 192. The standard InChI is InChI=1S/C9H13ClO/c1-5-7(3)9(10)8(6-2)11-4/h6H,2-3,5H2,1,4H3/b9-8-. The van der Waals surface area contributed by atoms with Gasteiger partial charge in [0.25, 0.3) is 0 Å². The van der Waals surface area contributed by atoms with Crippen molar-refractivity contribution in [2.45, 2.75) is 13.3 Å². The molecule has 0 atom stereocenters. The van der Waals surface area contributed by atoms with Crippen LogP contribution in [0.4, 0.5) is 0 Å². The molecule has 0 aliphatic heterocycles. The summed E-state index contributed by atoms with van der Waals surface area (Å²) in [6.45, 7) is 9.32. The van der Waals surface area contributed by atoms with Gasteiger partial charge < -0.3 is 4.74 Å². The summed E-state index contributed by atoms with van der Waals surface area (Å²) in [4.78, 5) is 0. The van der Waals surface area contributed by atoms with Gasteiger partial charge in [-0.05, 0) is 18.1 Å². The molecule has 0 saturated carbocycles. The fourth-order valence-electron chi connectivity index (χ4n) is 0.592. The highest BCUT2D eigenvalue weighted by Crippen LogP contribution is 2.21. The number of rotatable bonds is 4. The molecule has 0 N–H and O–H groups in total. The van der Waals surface area contributed by atoms with Gasteiger partial charge in [0.2, 0.25) is 0 Å². The van der Waals surface area contributed by atoms with Gasteiger partial charge in [-0.3, -0.25) is 0 Å². The SMILES string of the molecule is C=C/C(OC)=C(/Cl)C(=C)CC. The molecule has 0 aliphatic carbocycles. The summed E-state index contributed by atoms with van der Waals surface area (Å²) in [6.07, 6.45) is 2.39. The normalized spacial score (nSPS) is 11.9. The summed E-state index contributed by atoms with van der Waals surface area (Å²) in [7, 11) is 1.56. The van der Waals surface area contributed by atoms with Crippen molar-refractivity contribution in [3.63, 3.8) is 0 Å². The predicted molar refractivity (Wildman–Crippen MR) is 49.5 cm³/mol. The summed E-state index contributed by atoms with van der Waals surface area (Å²) in [5.41, 5.74) is 0.864. The highest BCUT2D eigenvalue weighted by Gasteiger charge is 2.02. The Hall–Kier alpha value is -0.690. The monoisotopic (exact) mass is 172 g/mol. The van der Waals surface area contributed by atoms with Gasteiger partial charge in [0.1, 0.15) is 5.76 Å². The summed E-state index contributed by atoms with van der Waals surface area (Å²) in [5, 5.41) is 0.560. The lowest BCUT2D eigenvalue weighted by Gasteiger charge is -2.05. The van der Waals surface area contributed by atoms with Crippen LogP contribution in [0.1, 0.15) is 13.3 Å². The van der Waals surface area contributed by atoms with Gasteiger partial charge in [-0.15, -0.1) is 0 Å². The van der Waals surface area contributed by atoms with E-state index in [0.717, 1.165) is 12.0 Å². The quantitative estimate of drug-likeness (QED) is 0.467. The molecule has 0 unspecified atom stereocenters. The van der Waals surface area contributed by atoms with Crippen LogP contribution in [0.25, 0.3) is 0 Å². The average Bonchev–Trinajstić information content (AvgIpc) is 2.05. The maximum Gasteiger partial charge on any atom is 0.137 e. The molecule has 11 heavy (non-hydrogen) atoms. The first kappa shape index (κ1) is 10.3. The minimum atomic E-state index is 0.560. The van der Waals surface area contributed by atoms with E-state index in [-0.39, 0.29) is 0 Å². The number of methoxy groups -OCH3 is 1. The molecule has 1 nitrogen and oxygen atoms in total. The van der Waals surface area contributed by atoms with Crippen molar-refractivity contribution in [2.24, 2.45) is 0 Å². The molecule has 0 fully saturated rings. The van der Waals surface area contributed by atoms with Gasteiger partial charge in [0, 0.05) is 0 Å². The predicted octanol–water partition coefficient (Wildman–Crippen LogP) is 3.24. The number of ether oxygens (including phenoxy) is 1. The smallest absolute Gasteiger partial charge is 0.137 e. The number of hydrogen-bond donors (Lipinski definition) is 0. The Labute approximate surface area is 73.0 Å². The second kappa shape index (κ2) is 5.03. The first-order chi connectivity index (χ1) is 5.17. The Morgan fingerprint density at radius 3 is 2.45 bits per heavy atom. The fourth-order valence-corrected chi connectivity index (χ4v) is 0.880. The van der Waals surface area contributed by atoms with Crippen molar-refractivity contribution < 1.29 is 4.74 Å². The van der Waals surface area contributed by atoms with E-state index in [1.807, 2.05) is 6.92 Å². The lowest BCUT2D eigenvalue weighted by Crippen LogP contribution is -1.88. The maximum atomic E-state index is 5.88. The molecular formula is C9H13ClO.